The Bertz CT molecular complexity index is 80.1. The van der Waals surface area contributed by atoms with Gasteiger partial charge in [0.2, 0.25) is 0 Å². The number of ether oxygens (including phenoxy) is 1. The first kappa shape index (κ1) is 10.2. The van der Waals surface area contributed by atoms with Gasteiger partial charge < -0.3 is 15.6 Å². The molecule has 3 nitrogen and oxygen atoms in total. The summed E-state index contributed by atoms with van der Waals surface area (Å²) in [5.41, 5.74) is 5.39. The first-order valence-electron chi connectivity index (χ1n) is 3.25. The van der Waals surface area contributed by atoms with Crippen molar-refractivity contribution in [3.63, 3.8) is 0 Å². The molecule has 0 aromatic rings. The number of hydrogen-bond acceptors (Lipinski definition) is 3. The molecule has 0 aromatic carbocycles. The number of aliphatic hydroxyl groups is 1. The Morgan fingerprint density at radius 2 is 2.20 bits per heavy atom. The van der Waals surface area contributed by atoms with Gasteiger partial charge in [0.05, 0.1) is 25.2 Å². The van der Waals surface area contributed by atoms with Crippen LogP contribution < -0.4 is 5.73 Å². The molecule has 0 aromatic heterocycles. The van der Waals surface area contributed by atoms with E-state index in [9.17, 15) is 0 Å². The van der Waals surface area contributed by atoms with Crippen molar-refractivity contribution in [3.05, 3.63) is 0 Å². The predicted molar refractivity (Wildman–Crippen MR) is 41.2 cm³/mol. The first-order chi connectivity index (χ1) is 4.66. The van der Waals surface area contributed by atoms with E-state index >= 15 is 0 Å². The average Bonchev–Trinajstić information content (AvgIpc) is 1.87. The van der Waals surface area contributed by atoms with Gasteiger partial charge in [-0.05, 0) is 6.92 Å². The number of rotatable bonds is 5. The van der Waals surface area contributed by atoms with Crippen LogP contribution in [0.3, 0.4) is 0 Å². The normalized spacial score (nSPS) is 16.8. The van der Waals surface area contributed by atoms with E-state index in [2.05, 4.69) is 0 Å². The maximum absolute atomic E-state index is 8.46. The highest BCUT2D eigenvalue weighted by atomic mass is 35.5. The van der Waals surface area contributed by atoms with Crippen LogP contribution in [-0.2, 0) is 4.74 Å². The highest BCUT2D eigenvalue weighted by molar-refractivity contribution is 6.20. The molecule has 4 heteroatoms. The van der Waals surface area contributed by atoms with Crippen LogP contribution in [0.25, 0.3) is 0 Å². The third-order valence-corrected chi connectivity index (χ3v) is 1.14. The minimum Gasteiger partial charge on any atom is -0.395 e. The van der Waals surface area contributed by atoms with Gasteiger partial charge >= 0.3 is 0 Å². The van der Waals surface area contributed by atoms with Gasteiger partial charge in [-0.15, -0.1) is 11.6 Å². The summed E-state index contributed by atoms with van der Waals surface area (Å²) in [4.78, 5) is 0. The molecule has 0 fully saturated rings. The summed E-state index contributed by atoms with van der Waals surface area (Å²) in [5.74, 6) is 0. The lowest BCUT2D eigenvalue weighted by molar-refractivity contribution is 0.111. The number of aliphatic hydroxyl groups excluding tert-OH is 1. The minimum absolute atomic E-state index is 0.0301. The summed E-state index contributed by atoms with van der Waals surface area (Å²) in [6.07, 6.45) is 0. The zero-order valence-electron chi connectivity index (χ0n) is 6.09. The van der Waals surface area contributed by atoms with Crippen molar-refractivity contribution in [1.82, 2.24) is 0 Å². The highest BCUT2D eigenvalue weighted by Crippen LogP contribution is 1.94. The third kappa shape index (κ3) is 6.29. The molecule has 0 rings (SSSR count). The van der Waals surface area contributed by atoms with Gasteiger partial charge in [0.15, 0.2) is 0 Å². The Labute approximate surface area is 66.1 Å². The summed E-state index contributed by atoms with van der Waals surface area (Å²) in [6, 6.07) is 0.0301. The van der Waals surface area contributed by atoms with Gasteiger partial charge in [0.1, 0.15) is 0 Å². The maximum atomic E-state index is 8.46. The smallest absolute Gasteiger partial charge is 0.0800 e. The minimum atomic E-state index is -0.307. The van der Waals surface area contributed by atoms with E-state index in [1.165, 1.54) is 0 Å². The van der Waals surface area contributed by atoms with Crippen molar-refractivity contribution in [2.45, 2.75) is 18.3 Å². The monoisotopic (exact) mass is 167 g/mol. The fourth-order valence-electron chi connectivity index (χ4n) is 0.435. The molecule has 0 saturated carbocycles. The fourth-order valence-corrected chi connectivity index (χ4v) is 0.524. The van der Waals surface area contributed by atoms with Gasteiger partial charge in [0.25, 0.3) is 0 Å². The Kier molecular flexibility index (Phi) is 6.02. The Hall–Kier alpha value is 0.170. The van der Waals surface area contributed by atoms with Gasteiger partial charge in [0, 0.05) is 6.04 Å². The van der Waals surface area contributed by atoms with Crippen molar-refractivity contribution in [1.29, 1.82) is 0 Å². The van der Waals surface area contributed by atoms with E-state index in [1.54, 1.807) is 0 Å². The molecule has 0 radical (unpaired) electrons. The molecule has 0 aliphatic rings. The maximum Gasteiger partial charge on any atom is 0.0800 e. The lowest BCUT2D eigenvalue weighted by atomic mass is 10.4. The van der Waals surface area contributed by atoms with Crippen molar-refractivity contribution in [2.24, 2.45) is 5.73 Å². The Morgan fingerprint density at radius 1 is 1.60 bits per heavy atom. The SMILES string of the molecule is CC(N)COCC(Cl)CO. The molecular formula is C6H14ClNO2. The summed E-state index contributed by atoms with van der Waals surface area (Å²) in [5, 5.41) is 8.15. The van der Waals surface area contributed by atoms with Crippen LogP contribution in [0.15, 0.2) is 0 Å². The average molecular weight is 168 g/mol. The second kappa shape index (κ2) is 5.92. The molecule has 3 N–H and O–H groups in total. The van der Waals surface area contributed by atoms with Gasteiger partial charge in [-0.3, -0.25) is 0 Å². The van der Waals surface area contributed by atoms with Crippen LogP contribution in [0, 0.1) is 0 Å². The molecule has 0 bridgehead atoms. The molecule has 2 atom stereocenters. The second-order valence-electron chi connectivity index (χ2n) is 2.29. The summed E-state index contributed by atoms with van der Waals surface area (Å²) < 4.78 is 5.03. The van der Waals surface area contributed by atoms with Crippen LogP contribution in [-0.4, -0.2) is 36.3 Å². The molecule has 0 aliphatic heterocycles. The molecule has 0 amide bonds. The van der Waals surface area contributed by atoms with Crippen LogP contribution in [0.1, 0.15) is 6.92 Å². The van der Waals surface area contributed by atoms with Gasteiger partial charge in [-0.2, -0.15) is 0 Å². The quantitative estimate of drug-likeness (QED) is 0.565. The molecule has 0 saturated heterocycles. The van der Waals surface area contributed by atoms with Crippen molar-refractivity contribution >= 4 is 11.6 Å². The molecule has 62 valence electrons. The summed E-state index contributed by atoms with van der Waals surface area (Å²) in [7, 11) is 0. The first-order valence-corrected chi connectivity index (χ1v) is 3.68. The Balaban J connectivity index is 3.03. The zero-order chi connectivity index (χ0) is 7.98. The van der Waals surface area contributed by atoms with E-state index in [1.807, 2.05) is 6.92 Å². The predicted octanol–water partition coefficient (Wildman–Crippen LogP) is -0.0501. The molecule has 0 heterocycles. The molecule has 0 spiro atoms. The van der Waals surface area contributed by atoms with Crippen LogP contribution in [0.2, 0.25) is 0 Å². The number of hydrogen-bond donors (Lipinski definition) is 2. The van der Waals surface area contributed by atoms with Crippen molar-refractivity contribution < 1.29 is 9.84 Å². The van der Waals surface area contributed by atoms with Gasteiger partial charge in [-0.25, -0.2) is 0 Å². The molecule has 10 heavy (non-hydrogen) atoms. The van der Waals surface area contributed by atoms with Crippen molar-refractivity contribution in [3.8, 4) is 0 Å². The number of halogens is 1. The van der Waals surface area contributed by atoms with E-state index in [0.29, 0.717) is 13.2 Å². The standard InChI is InChI=1S/C6H14ClNO2/c1-5(8)3-10-4-6(7)2-9/h5-6,9H,2-4,8H2,1H3. The van der Waals surface area contributed by atoms with Crippen molar-refractivity contribution in [2.75, 3.05) is 19.8 Å². The van der Waals surface area contributed by atoms with Crippen LogP contribution in [0.4, 0.5) is 0 Å². The second-order valence-corrected chi connectivity index (χ2v) is 2.91. The number of alkyl halides is 1. The highest BCUT2D eigenvalue weighted by Gasteiger charge is 2.02. The summed E-state index contributed by atoms with van der Waals surface area (Å²) in [6.45, 7) is 2.64. The largest absolute Gasteiger partial charge is 0.395 e. The van der Waals surface area contributed by atoms with E-state index in [4.69, 9.17) is 27.2 Å². The van der Waals surface area contributed by atoms with Crippen LogP contribution >= 0.6 is 11.6 Å². The lowest BCUT2D eigenvalue weighted by Gasteiger charge is -2.08. The van der Waals surface area contributed by atoms with E-state index in [0.717, 1.165) is 0 Å². The topological polar surface area (TPSA) is 55.5 Å². The molecule has 2 unspecified atom stereocenters. The summed E-state index contributed by atoms with van der Waals surface area (Å²) >= 11 is 5.53. The molecular weight excluding hydrogens is 154 g/mol. The Morgan fingerprint density at radius 3 is 2.60 bits per heavy atom. The number of nitrogens with two attached hydrogens (primary N) is 1. The molecule has 0 aliphatic carbocycles. The zero-order valence-corrected chi connectivity index (χ0v) is 6.84. The third-order valence-electron chi connectivity index (χ3n) is 0.878. The van der Waals surface area contributed by atoms with E-state index < -0.39 is 0 Å². The van der Waals surface area contributed by atoms with Crippen LogP contribution in [0.5, 0.6) is 0 Å². The van der Waals surface area contributed by atoms with Gasteiger partial charge in [-0.1, -0.05) is 0 Å². The lowest BCUT2D eigenvalue weighted by Crippen LogP contribution is -2.24. The fraction of sp³-hybridized carbons (Fsp3) is 1.00. The van der Waals surface area contributed by atoms with E-state index in [-0.39, 0.29) is 18.0 Å².